The summed E-state index contributed by atoms with van der Waals surface area (Å²) in [7, 11) is 1.58. The van der Waals surface area contributed by atoms with E-state index in [1.54, 1.807) is 7.05 Å². The molecule has 0 bridgehead atoms. The maximum absolute atomic E-state index is 14.0. The quantitative estimate of drug-likeness (QED) is 0.0784. The van der Waals surface area contributed by atoms with E-state index in [4.69, 9.17) is 57.1 Å². The van der Waals surface area contributed by atoms with Crippen LogP contribution in [0.2, 0.25) is 0 Å². The molecule has 298 valence electrons. The molecule has 3 aliphatic heterocycles. The molecule has 51 heavy (non-hydrogen) atoms. The molecule has 22 nitrogen and oxygen atoms in total. The predicted molar refractivity (Wildman–Crippen MR) is 167 cm³/mol. The number of aliphatic hydroxyl groups excluding tert-OH is 8. The third-order valence-corrected chi connectivity index (χ3v) is 9.66. The highest BCUT2D eigenvalue weighted by Gasteiger charge is 2.55. The number of rotatable bonds is 14. The summed E-state index contributed by atoms with van der Waals surface area (Å²) in [5, 5.41) is 89.8. The fourth-order valence-corrected chi connectivity index (χ4v) is 6.59. The zero-order valence-corrected chi connectivity index (χ0v) is 27.9. The van der Waals surface area contributed by atoms with Gasteiger partial charge in [0.15, 0.2) is 25.0 Å². The van der Waals surface area contributed by atoms with Gasteiger partial charge in [-0.2, -0.15) is 0 Å². The largest absolute Gasteiger partial charge is 0.394 e. The molecule has 4 fully saturated rings. The normalized spacial score (nSPS) is 47.5. The maximum Gasteiger partial charge on any atom is 0.252 e. The Kier molecular flexibility index (Phi) is 15.2. The van der Waals surface area contributed by atoms with Crippen LogP contribution in [-0.4, -0.2) is 209 Å². The molecule has 3 saturated heterocycles. The lowest BCUT2D eigenvalue weighted by Crippen LogP contribution is -2.69. The van der Waals surface area contributed by atoms with Crippen molar-refractivity contribution in [3.63, 3.8) is 0 Å². The molecule has 0 spiro atoms. The minimum absolute atomic E-state index is 0.0707. The Morgan fingerprint density at radius 1 is 0.784 bits per heavy atom. The van der Waals surface area contributed by atoms with E-state index in [1.165, 1.54) is 0 Å². The van der Waals surface area contributed by atoms with Crippen LogP contribution < -0.4 is 39.3 Å². The SMILES string of the molecule is CNC[C@H]1O[C@H](O[C@H]2[C@H](O[C@@H]3O[C@H](CO)[C@@H](O[C@H]4O[C@@H](CN)[C@@H](O)[C@H](O)[C@H]4N)[C@H]3O)[C@@H](O)[C@H](NC(=O)C(O)[C@@H](F)CN)C[C@@H]2N)[C@H](N)[C@@H](O)[C@@H]1O. The molecular formula is C28H54FN7O15. The monoisotopic (exact) mass is 747 g/mol. The number of halogens is 1. The number of amides is 1. The molecule has 1 saturated carbocycles. The van der Waals surface area contributed by atoms with Crippen molar-refractivity contribution in [2.75, 3.05) is 33.3 Å². The minimum atomic E-state index is -2.19. The van der Waals surface area contributed by atoms with Crippen LogP contribution in [0, 0.1) is 0 Å². The number of ether oxygens (including phenoxy) is 6. The molecule has 1 aliphatic carbocycles. The second kappa shape index (κ2) is 18.3. The van der Waals surface area contributed by atoms with Crippen LogP contribution in [0.25, 0.3) is 0 Å². The van der Waals surface area contributed by atoms with Crippen LogP contribution in [0.1, 0.15) is 6.42 Å². The van der Waals surface area contributed by atoms with E-state index in [-0.39, 0.29) is 19.5 Å². The molecule has 4 rings (SSSR count). The molecule has 3 heterocycles. The molecule has 0 aromatic heterocycles. The van der Waals surface area contributed by atoms with E-state index in [0.717, 1.165) is 0 Å². The fourth-order valence-electron chi connectivity index (χ4n) is 6.59. The highest BCUT2D eigenvalue weighted by Crippen LogP contribution is 2.34. The number of nitrogens with one attached hydrogen (secondary N) is 2. The van der Waals surface area contributed by atoms with Gasteiger partial charge >= 0.3 is 0 Å². The Hall–Kier alpha value is -1.40. The summed E-state index contributed by atoms with van der Waals surface area (Å²) in [6.45, 7) is -1.57. The van der Waals surface area contributed by atoms with E-state index in [9.17, 15) is 50.0 Å². The number of nitrogens with two attached hydrogens (primary N) is 5. The first-order valence-corrected chi connectivity index (χ1v) is 16.7. The van der Waals surface area contributed by atoms with Gasteiger partial charge in [0.1, 0.15) is 79.4 Å². The van der Waals surface area contributed by atoms with Crippen LogP contribution in [0.5, 0.6) is 0 Å². The smallest absolute Gasteiger partial charge is 0.252 e. The topological polar surface area (TPSA) is 388 Å². The molecule has 0 aromatic carbocycles. The van der Waals surface area contributed by atoms with Crippen molar-refractivity contribution in [3.8, 4) is 0 Å². The number of likely N-dealkylation sites (N-methyl/N-ethyl adjacent to an activating group) is 1. The summed E-state index contributed by atoms with van der Waals surface area (Å²) >= 11 is 0. The first-order valence-electron chi connectivity index (χ1n) is 16.7. The minimum Gasteiger partial charge on any atom is -0.394 e. The zero-order chi connectivity index (χ0) is 37.9. The molecule has 4 aliphatic rings. The lowest BCUT2D eigenvalue weighted by Gasteiger charge is -2.48. The highest BCUT2D eigenvalue weighted by molar-refractivity contribution is 5.81. The van der Waals surface area contributed by atoms with Gasteiger partial charge in [-0.1, -0.05) is 0 Å². The molecule has 20 N–H and O–H groups in total. The molecule has 21 atom stereocenters. The molecule has 0 radical (unpaired) electrons. The van der Waals surface area contributed by atoms with Gasteiger partial charge in [-0.25, -0.2) is 4.39 Å². The first-order chi connectivity index (χ1) is 24.1. The van der Waals surface area contributed by atoms with Crippen molar-refractivity contribution in [1.82, 2.24) is 10.6 Å². The van der Waals surface area contributed by atoms with Crippen LogP contribution in [0.3, 0.4) is 0 Å². The summed E-state index contributed by atoms with van der Waals surface area (Å²) in [5.74, 6) is -1.22. The summed E-state index contributed by atoms with van der Waals surface area (Å²) in [5.41, 5.74) is 29.4. The third-order valence-electron chi connectivity index (χ3n) is 9.66. The van der Waals surface area contributed by atoms with E-state index >= 15 is 0 Å². The number of aliphatic hydroxyl groups is 8. The third kappa shape index (κ3) is 9.12. The van der Waals surface area contributed by atoms with Crippen molar-refractivity contribution >= 4 is 5.91 Å². The summed E-state index contributed by atoms with van der Waals surface area (Å²) in [6.07, 6.45) is -26.5. The van der Waals surface area contributed by atoms with Gasteiger partial charge in [-0.15, -0.1) is 0 Å². The fraction of sp³-hybridized carbons (Fsp3) is 0.964. The molecule has 1 amide bonds. The van der Waals surface area contributed by atoms with Crippen molar-refractivity contribution in [3.05, 3.63) is 0 Å². The van der Waals surface area contributed by atoms with Crippen molar-refractivity contribution < 1.29 is 78.5 Å². The average Bonchev–Trinajstić information content (AvgIpc) is 3.41. The molecular weight excluding hydrogens is 693 g/mol. The summed E-state index contributed by atoms with van der Waals surface area (Å²) in [4.78, 5) is 12.7. The van der Waals surface area contributed by atoms with Gasteiger partial charge < -0.3 is 109 Å². The second-order valence-electron chi connectivity index (χ2n) is 13.2. The van der Waals surface area contributed by atoms with Crippen molar-refractivity contribution in [2.24, 2.45) is 28.7 Å². The Labute approximate surface area is 292 Å². The number of carbonyl (C=O) groups excluding carboxylic acids is 1. The number of hydrogen-bond donors (Lipinski definition) is 15. The van der Waals surface area contributed by atoms with Gasteiger partial charge in [0.05, 0.1) is 24.7 Å². The standard InChI is InChI=1S/C28H54FN7O15/c1-35-5-11-18(41)20(43)14(34)27(47-11)49-22-8(32)2-9(36-25(45)15(38)7(29)3-30)16(39)24(22)51-28-21(44)23(12(6-37)48-28)50-26-13(33)19(42)17(40)10(4-31)46-26/h7-24,26-28,35,37-44H,2-6,30-34H2,1H3,(H,36,45)/t7-,8-,9+,10-,11+,12+,13+,14+,15?,16-,17+,18+,19+,20+,21+,22+,23+,24+,26+,27+,28-/m0/s1. The molecule has 1 unspecified atom stereocenters. The van der Waals surface area contributed by atoms with E-state index in [1.807, 2.05) is 0 Å². The lowest BCUT2D eigenvalue weighted by molar-refractivity contribution is -0.307. The lowest BCUT2D eigenvalue weighted by atomic mass is 9.83. The molecule has 23 heteroatoms. The van der Waals surface area contributed by atoms with Crippen molar-refractivity contribution in [2.45, 2.75) is 135 Å². The summed E-state index contributed by atoms with van der Waals surface area (Å²) < 4.78 is 49.1. The molecule has 0 aromatic rings. The summed E-state index contributed by atoms with van der Waals surface area (Å²) in [6, 6.07) is -5.11. The predicted octanol–water partition coefficient (Wildman–Crippen LogP) is -9.82. The Morgan fingerprint density at radius 2 is 1.31 bits per heavy atom. The van der Waals surface area contributed by atoms with Crippen LogP contribution >= 0.6 is 0 Å². The van der Waals surface area contributed by atoms with Crippen LogP contribution in [-0.2, 0) is 33.2 Å². The number of alkyl halides is 1. The van der Waals surface area contributed by atoms with Gasteiger partial charge in [0, 0.05) is 25.7 Å². The Balaban J connectivity index is 1.58. The number of carbonyl (C=O) groups is 1. The highest BCUT2D eigenvalue weighted by atomic mass is 19.1. The van der Waals surface area contributed by atoms with Gasteiger partial charge in [-0.3, -0.25) is 4.79 Å². The zero-order valence-electron chi connectivity index (χ0n) is 27.9. The average molecular weight is 748 g/mol. The first kappa shape index (κ1) is 42.3. The van der Waals surface area contributed by atoms with Crippen molar-refractivity contribution in [1.29, 1.82) is 0 Å². The van der Waals surface area contributed by atoms with Gasteiger partial charge in [-0.05, 0) is 13.5 Å². The van der Waals surface area contributed by atoms with Crippen LogP contribution in [0.15, 0.2) is 0 Å². The van der Waals surface area contributed by atoms with E-state index in [2.05, 4.69) is 10.6 Å². The number of hydrogen-bond acceptors (Lipinski definition) is 21. The van der Waals surface area contributed by atoms with Gasteiger partial charge in [0.2, 0.25) is 0 Å². The Morgan fingerprint density at radius 3 is 1.86 bits per heavy atom. The van der Waals surface area contributed by atoms with E-state index < -0.39 is 148 Å². The Bertz CT molecular complexity index is 1110. The van der Waals surface area contributed by atoms with Gasteiger partial charge in [0.25, 0.3) is 5.91 Å². The second-order valence-corrected chi connectivity index (χ2v) is 13.2. The maximum atomic E-state index is 14.0. The van der Waals surface area contributed by atoms with E-state index in [0.29, 0.717) is 0 Å². The van der Waals surface area contributed by atoms with Crippen LogP contribution in [0.4, 0.5) is 4.39 Å².